The van der Waals surface area contributed by atoms with E-state index in [2.05, 4.69) is 93.4 Å². The Hall–Kier alpha value is -2.22. The van der Waals surface area contributed by atoms with Gasteiger partial charge in [-0.1, -0.05) is 19.1 Å². The molecule has 2 N–H and O–H groups in total. The maximum Gasteiger partial charge on any atom is 0.0405 e. The average Bonchev–Trinajstić information content (AvgIpc) is 2.75. The molecule has 0 fully saturated rings. The molecule has 31 heavy (non-hydrogen) atoms. The highest BCUT2D eigenvalue weighted by atomic mass is 14.9. The summed E-state index contributed by atoms with van der Waals surface area (Å²) in [6, 6.07) is 0. The molecule has 170 valence electrons. The molecule has 0 spiro atoms. The van der Waals surface area contributed by atoms with Crippen LogP contribution in [-0.2, 0) is 0 Å². The van der Waals surface area contributed by atoms with E-state index in [1.54, 1.807) is 0 Å². The molecule has 1 unspecified atom stereocenters. The molecule has 2 heteroatoms. The van der Waals surface area contributed by atoms with Crippen LogP contribution in [-0.4, -0.2) is 13.1 Å². The smallest absolute Gasteiger partial charge is 0.0405 e. The molecule has 2 rings (SSSR count). The third-order valence-electron chi connectivity index (χ3n) is 8.03. The van der Waals surface area contributed by atoms with Crippen LogP contribution in [0.5, 0.6) is 0 Å². The van der Waals surface area contributed by atoms with Crippen LogP contribution < -0.4 is 10.6 Å². The van der Waals surface area contributed by atoms with Gasteiger partial charge in [-0.15, -0.1) is 0 Å². The lowest BCUT2D eigenvalue weighted by molar-refractivity contribution is 0.685. The zero-order chi connectivity index (χ0) is 23.6. The van der Waals surface area contributed by atoms with Crippen molar-refractivity contribution in [3.8, 4) is 0 Å². The minimum Gasteiger partial charge on any atom is -0.384 e. The van der Waals surface area contributed by atoms with Crippen LogP contribution >= 0.6 is 0 Å². The lowest BCUT2D eigenvalue weighted by atomic mass is 9.92. The van der Waals surface area contributed by atoms with Crippen LogP contribution in [0, 0.1) is 75.2 Å². The summed E-state index contributed by atoms with van der Waals surface area (Å²) in [6.45, 7) is 30.8. The third-order valence-corrected chi connectivity index (χ3v) is 8.03. The third kappa shape index (κ3) is 5.00. The van der Waals surface area contributed by atoms with E-state index in [0.29, 0.717) is 5.92 Å². The molecular weight excluding hydrogens is 376 g/mol. The summed E-state index contributed by atoms with van der Waals surface area (Å²) in [4.78, 5) is 0. The summed E-state index contributed by atoms with van der Waals surface area (Å²) >= 11 is 0. The fourth-order valence-corrected chi connectivity index (χ4v) is 4.52. The Balaban J connectivity index is 2.00. The molecule has 2 nitrogen and oxygen atoms in total. The highest BCUT2D eigenvalue weighted by Gasteiger charge is 2.15. The van der Waals surface area contributed by atoms with E-state index in [0.717, 1.165) is 19.5 Å². The Bertz CT molecular complexity index is 937. The van der Waals surface area contributed by atoms with Crippen molar-refractivity contribution in [2.45, 2.75) is 82.6 Å². The molecule has 2 aromatic rings. The molecule has 0 amide bonds. The molecule has 2 aromatic carbocycles. The SMILES string of the molecule is C=C(CCNc1c(C)c(C)c(C)c(C)c1C)C(C)CNc1c(C)c(C)c(C)c(C)c1C. The van der Waals surface area contributed by atoms with Gasteiger partial charge in [0.2, 0.25) is 0 Å². The Morgan fingerprint density at radius 2 is 0.903 bits per heavy atom. The van der Waals surface area contributed by atoms with E-state index < -0.39 is 0 Å². The first-order valence-corrected chi connectivity index (χ1v) is 11.7. The standard InChI is InChI=1S/C29H44N2/c1-16(13-14-30-28-24(9)20(5)18(3)21(6)25(28)10)17(2)15-31-29-26(11)22(7)19(4)23(8)27(29)12/h17,30-31H,1,13-15H2,2-12H3. The van der Waals surface area contributed by atoms with Crippen molar-refractivity contribution in [1.29, 1.82) is 0 Å². The molecule has 0 heterocycles. The first-order chi connectivity index (χ1) is 14.4. The van der Waals surface area contributed by atoms with Gasteiger partial charge in [0, 0.05) is 24.5 Å². The number of nitrogens with one attached hydrogen (secondary N) is 2. The minimum absolute atomic E-state index is 0.422. The van der Waals surface area contributed by atoms with Crippen LogP contribution in [0.1, 0.15) is 69.0 Å². The number of rotatable bonds is 8. The highest BCUT2D eigenvalue weighted by molar-refractivity contribution is 5.65. The van der Waals surface area contributed by atoms with E-state index in [4.69, 9.17) is 0 Å². The molecule has 0 saturated heterocycles. The Morgan fingerprint density at radius 3 is 1.29 bits per heavy atom. The van der Waals surface area contributed by atoms with Crippen molar-refractivity contribution in [3.05, 3.63) is 67.8 Å². The quantitative estimate of drug-likeness (QED) is 0.424. The van der Waals surface area contributed by atoms with Gasteiger partial charge in [-0.3, -0.25) is 0 Å². The number of hydrogen-bond acceptors (Lipinski definition) is 2. The fourth-order valence-electron chi connectivity index (χ4n) is 4.52. The summed E-state index contributed by atoms with van der Waals surface area (Å²) in [5, 5.41) is 7.44. The second-order valence-corrected chi connectivity index (χ2v) is 9.62. The lowest BCUT2D eigenvalue weighted by Gasteiger charge is -2.23. The predicted molar refractivity (Wildman–Crippen MR) is 140 cm³/mol. The molecule has 0 saturated carbocycles. The van der Waals surface area contributed by atoms with Crippen molar-refractivity contribution < 1.29 is 0 Å². The Kier molecular flexibility index (Phi) is 8.03. The molecule has 0 aliphatic heterocycles. The molecule has 0 radical (unpaired) electrons. The van der Waals surface area contributed by atoms with Gasteiger partial charge < -0.3 is 10.6 Å². The van der Waals surface area contributed by atoms with Crippen molar-refractivity contribution in [2.75, 3.05) is 23.7 Å². The number of benzene rings is 2. The average molecular weight is 421 g/mol. The summed E-state index contributed by atoms with van der Waals surface area (Å²) in [5.41, 5.74) is 17.8. The number of hydrogen-bond donors (Lipinski definition) is 2. The van der Waals surface area contributed by atoms with Crippen LogP contribution in [0.25, 0.3) is 0 Å². The van der Waals surface area contributed by atoms with E-state index >= 15 is 0 Å². The van der Waals surface area contributed by atoms with Crippen LogP contribution in [0.15, 0.2) is 12.2 Å². The summed E-state index contributed by atoms with van der Waals surface area (Å²) in [5.74, 6) is 0.422. The van der Waals surface area contributed by atoms with E-state index in [1.165, 1.54) is 72.6 Å². The lowest BCUT2D eigenvalue weighted by Crippen LogP contribution is -2.17. The molecule has 0 bridgehead atoms. The summed E-state index contributed by atoms with van der Waals surface area (Å²) < 4.78 is 0. The van der Waals surface area contributed by atoms with E-state index in [1.807, 2.05) is 0 Å². The molecular formula is C29H44N2. The second kappa shape index (κ2) is 9.94. The van der Waals surface area contributed by atoms with Gasteiger partial charge in [-0.05, 0) is 137 Å². The normalized spacial score (nSPS) is 12.1. The van der Waals surface area contributed by atoms with Gasteiger partial charge in [0.15, 0.2) is 0 Å². The largest absolute Gasteiger partial charge is 0.384 e. The Labute approximate surface area is 191 Å². The highest BCUT2D eigenvalue weighted by Crippen LogP contribution is 2.32. The fraction of sp³-hybridized carbons (Fsp3) is 0.517. The Morgan fingerprint density at radius 1 is 0.581 bits per heavy atom. The van der Waals surface area contributed by atoms with Gasteiger partial charge in [-0.2, -0.15) is 0 Å². The van der Waals surface area contributed by atoms with Gasteiger partial charge in [-0.25, -0.2) is 0 Å². The minimum atomic E-state index is 0.422. The van der Waals surface area contributed by atoms with Gasteiger partial charge in [0.25, 0.3) is 0 Å². The van der Waals surface area contributed by atoms with Crippen molar-refractivity contribution >= 4 is 11.4 Å². The first kappa shape index (κ1) is 25.0. The molecule has 0 aromatic heterocycles. The molecule has 0 aliphatic rings. The summed E-state index contributed by atoms with van der Waals surface area (Å²) in [7, 11) is 0. The van der Waals surface area contributed by atoms with Crippen LogP contribution in [0.3, 0.4) is 0 Å². The van der Waals surface area contributed by atoms with Crippen LogP contribution in [0.4, 0.5) is 11.4 Å². The first-order valence-electron chi connectivity index (χ1n) is 11.7. The maximum atomic E-state index is 4.41. The van der Waals surface area contributed by atoms with Gasteiger partial charge in [0.1, 0.15) is 0 Å². The van der Waals surface area contributed by atoms with E-state index in [9.17, 15) is 0 Å². The van der Waals surface area contributed by atoms with Crippen molar-refractivity contribution in [1.82, 2.24) is 0 Å². The topological polar surface area (TPSA) is 24.1 Å². The van der Waals surface area contributed by atoms with Gasteiger partial charge >= 0.3 is 0 Å². The van der Waals surface area contributed by atoms with Crippen molar-refractivity contribution in [3.63, 3.8) is 0 Å². The predicted octanol–water partition coefficient (Wildman–Crippen LogP) is 7.88. The maximum absolute atomic E-state index is 4.41. The monoisotopic (exact) mass is 420 g/mol. The number of anilines is 2. The van der Waals surface area contributed by atoms with E-state index in [-0.39, 0.29) is 0 Å². The van der Waals surface area contributed by atoms with Crippen LogP contribution in [0.2, 0.25) is 0 Å². The second-order valence-electron chi connectivity index (χ2n) is 9.62. The molecule has 1 atom stereocenters. The molecule has 0 aliphatic carbocycles. The zero-order valence-electron chi connectivity index (χ0n) is 21.9. The zero-order valence-corrected chi connectivity index (χ0v) is 21.9. The van der Waals surface area contributed by atoms with Crippen molar-refractivity contribution in [2.24, 2.45) is 5.92 Å². The summed E-state index contributed by atoms with van der Waals surface area (Å²) in [6.07, 6.45) is 0.984. The van der Waals surface area contributed by atoms with Gasteiger partial charge in [0.05, 0.1) is 0 Å².